The Morgan fingerprint density at radius 3 is 2.37 bits per heavy atom. The van der Waals surface area contributed by atoms with E-state index in [1.807, 2.05) is 31.2 Å². The van der Waals surface area contributed by atoms with E-state index in [0.29, 0.717) is 10.5 Å². The van der Waals surface area contributed by atoms with Gasteiger partial charge in [-0.2, -0.15) is 0 Å². The van der Waals surface area contributed by atoms with E-state index in [2.05, 4.69) is 5.32 Å². The lowest BCUT2D eigenvalue weighted by Crippen LogP contribution is -2.27. The molecule has 2 aromatic rings. The van der Waals surface area contributed by atoms with E-state index in [1.54, 1.807) is 38.4 Å². The van der Waals surface area contributed by atoms with Crippen LogP contribution in [0.1, 0.15) is 15.9 Å². The van der Waals surface area contributed by atoms with Gasteiger partial charge in [0.25, 0.3) is 5.91 Å². The lowest BCUT2D eigenvalue weighted by Gasteiger charge is -2.12. The third kappa shape index (κ3) is 6.45. The number of rotatable bonds is 7. The molecular weight excluding hydrogens is 364 g/mol. The SMILES string of the molecule is Cc1ccc(NC(=O)CSc2ccccc2C(=O)OCC(=O)N(C)C)cc1. The average molecular weight is 386 g/mol. The van der Waals surface area contributed by atoms with Crippen LogP contribution in [0.3, 0.4) is 0 Å². The summed E-state index contributed by atoms with van der Waals surface area (Å²) in [5, 5.41) is 2.81. The predicted octanol–water partition coefficient (Wildman–Crippen LogP) is 2.97. The first-order chi connectivity index (χ1) is 12.9. The zero-order valence-electron chi connectivity index (χ0n) is 15.5. The lowest BCUT2D eigenvalue weighted by molar-refractivity contribution is -0.132. The van der Waals surface area contributed by atoms with Crippen molar-refractivity contribution in [3.63, 3.8) is 0 Å². The summed E-state index contributed by atoms with van der Waals surface area (Å²) in [5.41, 5.74) is 2.17. The molecule has 0 heterocycles. The van der Waals surface area contributed by atoms with Crippen LogP contribution >= 0.6 is 11.8 Å². The molecule has 0 aromatic heterocycles. The van der Waals surface area contributed by atoms with Gasteiger partial charge in [-0.05, 0) is 31.2 Å². The Morgan fingerprint density at radius 1 is 1.04 bits per heavy atom. The summed E-state index contributed by atoms with van der Waals surface area (Å²) >= 11 is 1.24. The summed E-state index contributed by atoms with van der Waals surface area (Å²) in [4.78, 5) is 37.9. The van der Waals surface area contributed by atoms with Crippen molar-refractivity contribution in [3.05, 3.63) is 59.7 Å². The van der Waals surface area contributed by atoms with Crippen LogP contribution in [-0.2, 0) is 14.3 Å². The van der Waals surface area contributed by atoms with Gasteiger partial charge in [0.15, 0.2) is 6.61 Å². The number of anilines is 1. The number of nitrogens with one attached hydrogen (secondary N) is 1. The molecule has 0 unspecified atom stereocenters. The van der Waals surface area contributed by atoms with Gasteiger partial charge in [0.05, 0.1) is 11.3 Å². The van der Waals surface area contributed by atoms with Crippen LogP contribution in [0.15, 0.2) is 53.4 Å². The minimum atomic E-state index is -0.591. The first-order valence-electron chi connectivity index (χ1n) is 8.32. The molecule has 0 spiro atoms. The number of aryl methyl sites for hydroxylation is 1. The molecule has 0 aliphatic rings. The van der Waals surface area contributed by atoms with E-state index in [9.17, 15) is 14.4 Å². The molecule has 0 saturated carbocycles. The highest BCUT2D eigenvalue weighted by Crippen LogP contribution is 2.23. The molecule has 7 heteroatoms. The van der Waals surface area contributed by atoms with E-state index in [-0.39, 0.29) is 24.2 Å². The first-order valence-corrected chi connectivity index (χ1v) is 9.31. The van der Waals surface area contributed by atoms with E-state index >= 15 is 0 Å². The maximum atomic E-state index is 12.3. The number of ether oxygens (including phenoxy) is 1. The number of esters is 1. The highest BCUT2D eigenvalue weighted by Gasteiger charge is 2.16. The van der Waals surface area contributed by atoms with Crippen LogP contribution in [0.25, 0.3) is 0 Å². The van der Waals surface area contributed by atoms with Crippen molar-refractivity contribution >= 4 is 35.2 Å². The quantitative estimate of drug-likeness (QED) is 0.585. The second kappa shape index (κ2) is 9.78. The Morgan fingerprint density at radius 2 is 1.70 bits per heavy atom. The van der Waals surface area contributed by atoms with Crippen LogP contribution in [-0.4, -0.2) is 49.1 Å². The van der Waals surface area contributed by atoms with Crippen molar-refractivity contribution in [1.29, 1.82) is 0 Å². The molecule has 6 nitrogen and oxygen atoms in total. The lowest BCUT2D eigenvalue weighted by atomic mass is 10.2. The number of nitrogens with zero attached hydrogens (tertiary/aromatic N) is 1. The van der Waals surface area contributed by atoms with Gasteiger partial charge in [0.2, 0.25) is 5.91 Å². The molecule has 0 fully saturated rings. The summed E-state index contributed by atoms with van der Waals surface area (Å²) in [5.74, 6) is -0.914. The van der Waals surface area contributed by atoms with E-state index in [0.717, 1.165) is 11.3 Å². The maximum Gasteiger partial charge on any atom is 0.339 e. The zero-order valence-corrected chi connectivity index (χ0v) is 16.3. The molecule has 1 N–H and O–H groups in total. The molecular formula is C20H22N2O4S. The standard InChI is InChI=1S/C20H22N2O4S/c1-14-8-10-15(11-9-14)21-18(23)13-27-17-7-5-4-6-16(17)20(25)26-12-19(24)22(2)3/h4-11H,12-13H2,1-3H3,(H,21,23). The largest absolute Gasteiger partial charge is 0.452 e. The highest BCUT2D eigenvalue weighted by molar-refractivity contribution is 8.00. The minimum absolute atomic E-state index is 0.148. The normalized spacial score (nSPS) is 10.2. The number of carbonyl (C=O) groups is 3. The second-order valence-electron chi connectivity index (χ2n) is 6.06. The molecule has 0 aliphatic heterocycles. The predicted molar refractivity (Wildman–Crippen MR) is 106 cm³/mol. The fraction of sp³-hybridized carbons (Fsp3) is 0.250. The summed E-state index contributed by atoms with van der Waals surface area (Å²) in [6.45, 7) is 1.66. The molecule has 142 valence electrons. The number of carbonyl (C=O) groups excluding carboxylic acids is 3. The van der Waals surface area contributed by atoms with Gasteiger partial charge in [-0.15, -0.1) is 11.8 Å². The number of thioether (sulfide) groups is 1. The molecule has 27 heavy (non-hydrogen) atoms. The summed E-state index contributed by atoms with van der Waals surface area (Å²) in [6, 6.07) is 14.4. The average Bonchev–Trinajstić information content (AvgIpc) is 2.66. The molecule has 2 rings (SSSR count). The Kier molecular flexibility index (Phi) is 7.43. The van der Waals surface area contributed by atoms with Gasteiger partial charge in [0.1, 0.15) is 0 Å². The summed E-state index contributed by atoms with van der Waals surface area (Å²) in [6.07, 6.45) is 0. The van der Waals surface area contributed by atoms with Gasteiger partial charge < -0.3 is 15.0 Å². The number of amides is 2. The van der Waals surface area contributed by atoms with Crippen molar-refractivity contribution in [2.75, 3.05) is 31.8 Å². The molecule has 0 radical (unpaired) electrons. The second-order valence-corrected chi connectivity index (χ2v) is 7.08. The first kappa shape index (κ1) is 20.5. The van der Waals surface area contributed by atoms with Gasteiger partial charge in [-0.1, -0.05) is 29.8 Å². The summed E-state index contributed by atoms with van der Waals surface area (Å²) in [7, 11) is 3.18. The van der Waals surface area contributed by atoms with Gasteiger partial charge in [-0.3, -0.25) is 9.59 Å². The van der Waals surface area contributed by atoms with Gasteiger partial charge in [-0.25, -0.2) is 4.79 Å². The van der Waals surface area contributed by atoms with E-state index < -0.39 is 5.97 Å². The molecule has 0 atom stereocenters. The Bertz CT molecular complexity index is 819. The number of likely N-dealkylation sites (N-methyl/N-ethyl adjacent to an activating group) is 1. The Balaban J connectivity index is 1.94. The van der Waals surface area contributed by atoms with Crippen LogP contribution in [0.4, 0.5) is 5.69 Å². The topological polar surface area (TPSA) is 75.7 Å². The maximum absolute atomic E-state index is 12.3. The molecule has 0 bridgehead atoms. The van der Waals surface area contributed by atoms with E-state index in [4.69, 9.17) is 4.74 Å². The fourth-order valence-corrected chi connectivity index (χ4v) is 2.91. The summed E-state index contributed by atoms with van der Waals surface area (Å²) < 4.78 is 5.06. The van der Waals surface area contributed by atoms with Crippen molar-refractivity contribution in [3.8, 4) is 0 Å². The fourth-order valence-electron chi connectivity index (χ4n) is 2.07. The van der Waals surface area contributed by atoms with Gasteiger partial charge >= 0.3 is 5.97 Å². The third-order valence-corrected chi connectivity index (χ3v) is 4.70. The van der Waals surface area contributed by atoms with Gasteiger partial charge in [0, 0.05) is 24.7 Å². The number of benzene rings is 2. The number of hydrogen-bond acceptors (Lipinski definition) is 5. The monoisotopic (exact) mass is 386 g/mol. The van der Waals surface area contributed by atoms with Crippen LogP contribution < -0.4 is 5.32 Å². The third-order valence-electron chi connectivity index (χ3n) is 3.63. The smallest absolute Gasteiger partial charge is 0.339 e. The number of hydrogen-bond donors (Lipinski definition) is 1. The van der Waals surface area contributed by atoms with Crippen molar-refractivity contribution in [2.24, 2.45) is 0 Å². The zero-order chi connectivity index (χ0) is 19.8. The van der Waals surface area contributed by atoms with E-state index in [1.165, 1.54) is 16.7 Å². The molecule has 0 aliphatic carbocycles. The van der Waals surface area contributed by atoms with Crippen molar-refractivity contribution < 1.29 is 19.1 Å². The minimum Gasteiger partial charge on any atom is -0.452 e. The van der Waals surface area contributed by atoms with Crippen LogP contribution in [0.5, 0.6) is 0 Å². The molecule has 2 aromatic carbocycles. The molecule has 2 amide bonds. The highest BCUT2D eigenvalue weighted by atomic mass is 32.2. The Hall–Kier alpha value is -2.80. The van der Waals surface area contributed by atoms with Crippen LogP contribution in [0.2, 0.25) is 0 Å². The molecule has 0 saturated heterocycles. The Labute approximate surface area is 162 Å². The van der Waals surface area contributed by atoms with Crippen molar-refractivity contribution in [1.82, 2.24) is 4.90 Å². The van der Waals surface area contributed by atoms with Crippen LogP contribution in [0, 0.1) is 6.92 Å². The van der Waals surface area contributed by atoms with Crippen molar-refractivity contribution in [2.45, 2.75) is 11.8 Å².